The summed E-state index contributed by atoms with van der Waals surface area (Å²) >= 11 is 5.85. The molecule has 1 atom stereocenters. The standard InChI is InChI=1S/C18H20ClNO2/c1-3-16(22-17-7-5-4-6-13(17)2)18(21)20-12-14-8-10-15(19)11-9-14/h4-11,16H,3,12H2,1-2H3,(H,20,21)/t16-/m0/s1. The molecule has 0 radical (unpaired) electrons. The van der Waals surface area contributed by atoms with Gasteiger partial charge in [0.2, 0.25) is 0 Å². The van der Waals surface area contributed by atoms with Crippen molar-refractivity contribution in [3.8, 4) is 5.75 Å². The van der Waals surface area contributed by atoms with Crippen LogP contribution in [0.5, 0.6) is 5.75 Å². The van der Waals surface area contributed by atoms with E-state index in [-0.39, 0.29) is 5.91 Å². The third kappa shape index (κ3) is 4.50. The molecule has 0 spiro atoms. The van der Waals surface area contributed by atoms with Crippen molar-refractivity contribution in [2.45, 2.75) is 32.9 Å². The number of amides is 1. The van der Waals surface area contributed by atoms with Gasteiger partial charge in [0.05, 0.1) is 0 Å². The van der Waals surface area contributed by atoms with Crippen molar-refractivity contribution in [1.29, 1.82) is 0 Å². The highest BCUT2D eigenvalue weighted by Crippen LogP contribution is 2.19. The van der Waals surface area contributed by atoms with Gasteiger partial charge in [0, 0.05) is 11.6 Å². The summed E-state index contributed by atoms with van der Waals surface area (Å²) in [5, 5.41) is 3.59. The van der Waals surface area contributed by atoms with Gasteiger partial charge in [-0.3, -0.25) is 4.79 Å². The third-order valence-corrected chi connectivity index (χ3v) is 3.66. The van der Waals surface area contributed by atoms with Crippen molar-refractivity contribution in [3.63, 3.8) is 0 Å². The topological polar surface area (TPSA) is 38.3 Å². The molecule has 0 saturated heterocycles. The molecule has 2 aromatic carbocycles. The second-order valence-electron chi connectivity index (χ2n) is 5.12. The van der Waals surface area contributed by atoms with Gasteiger partial charge in [0.1, 0.15) is 5.75 Å². The first-order valence-electron chi connectivity index (χ1n) is 7.34. The van der Waals surface area contributed by atoms with Crippen molar-refractivity contribution < 1.29 is 9.53 Å². The predicted octanol–water partition coefficient (Wildman–Crippen LogP) is 4.12. The minimum Gasteiger partial charge on any atom is -0.480 e. The average molecular weight is 318 g/mol. The highest BCUT2D eigenvalue weighted by molar-refractivity contribution is 6.30. The monoisotopic (exact) mass is 317 g/mol. The van der Waals surface area contributed by atoms with Crippen molar-refractivity contribution in [1.82, 2.24) is 5.32 Å². The van der Waals surface area contributed by atoms with Crippen LogP contribution in [0.3, 0.4) is 0 Å². The van der Waals surface area contributed by atoms with E-state index < -0.39 is 6.10 Å². The molecule has 0 heterocycles. The van der Waals surface area contributed by atoms with E-state index in [0.717, 1.165) is 16.9 Å². The summed E-state index contributed by atoms with van der Waals surface area (Å²) in [7, 11) is 0. The van der Waals surface area contributed by atoms with E-state index in [1.54, 1.807) is 0 Å². The number of para-hydroxylation sites is 1. The van der Waals surface area contributed by atoms with Crippen molar-refractivity contribution >= 4 is 17.5 Å². The summed E-state index contributed by atoms with van der Waals surface area (Å²) in [6.07, 6.45) is 0.120. The molecule has 0 aliphatic heterocycles. The molecular weight excluding hydrogens is 298 g/mol. The fourth-order valence-electron chi connectivity index (χ4n) is 2.07. The number of benzene rings is 2. The zero-order valence-corrected chi connectivity index (χ0v) is 13.6. The second kappa shape index (κ2) is 7.85. The highest BCUT2D eigenvalue weighted by atomic mass is 35.5. The summed E-state index contributed by atoms with van der Waals surface area (Å²) in [6, 6.07) is 15.1. The van der Waals surface area contributed by atoms with E-state index in [1.165, 1.54) is 0 Å². The van der Waals surface area contributed by atoms with E-state index in [0.29, 0.717) is 18.0 Å². The summed E-state index contributed by atoms with van der Waals surface area (Å²) < 4.78 is 5.83. The molecule has 0 fully saturated rings. The van der Waals surface area contributed by atoms with Crippen LogP contribution in [-0.2, 0) is 11.3 Å². The average Bonchev–Trinajstić information content (AvgIpc) is 2.53. The lowest BCUT2D eigenvalue weighted by Crippen LogP contribution is -2.37. The number of halogens is 1. The SMILES string of the molecule is CC[C@H](Oc1ccccc1C)C(=O)NCc1ccc(Cl)cc1. The molecule has 3 nitrogen and oxygen atoms in total. The molecule has 2 aromatic rings. The van der Waals surface area contributed by atoms with Crippen LogP contribution in [0.15, 0.2) is 48.5 Å². The molecule has 0 aliphatic carbocycles. The Kier molecular flexibility index (Phi) is 5.84. The van der Waals surface area contributed by atoms with Gasteiger partial charge >= 0.3 is 0 Å². The summed E-state index contributed by atoms with van der Waals surface area (Å²) in [4.78, 5) is 12.3. The number of aryl methyl sites for hydroxylation is 1. The molecule has 2 rings (SSSR count). The maximum absolute atomic E-state index is 12.3. The van der Waals surface area contributed by atoms with Crippen LogP contribution in [-0.4, -0.2) is 12.0 Å². The summed E-state index contributed by atoms with van der Waals surface area (Å²) in [5.74, 6) is 0.636. The molecule has 0 unspecified atom stereocenters. The van der Waals surface area contributed by atoms with Crippen LogP contribution >= 0.6 is 11.6 Å². The lowest BCUT2D eigenvalue weighted by Gasteiger charge is -2.18. The van der Waals surface area contributed by atoms with E-state index in [4.69, 9.17) is 16.3 Å². The van der Waals surface area contributed by atoms with Gasteiger partial charge in [-0.25, -0.2) is 0 Å². The number of carbonyl (C=O) groups excluding carboxylic acids is 1. The van der Waals surface area contributed by atoms with Gasteiger partial charge in [0.15, 0.2) is 6.10 Å². The second-order valence-corrected chi connectivity index (χ2v) is 5.56. The fourth-order valence-corrected chi connectivity index (χ4v) is 2.20. The van der Waals surface area contributed by atoms with Crippen molar-refractivity contribution in [2.24, 2.45) is 0 Å². The normalized spacial score (nSPS) is 11.8. The predicted molar refractivity (Wildman–Crippen MR) is 89.2 cm³/mol. The highest BCUT2D eigenvalue weighted by Gasteiger charge is 2.18. The van der Waals surface area contributed by atoms with Gasteiger partial charge < -0.3 is 10.1 Å². The molecular formula is C18H20ClNO2. The van der Waals surface area contributed by atoms with Gasteiger partial charge in [-0.05, 0) is 42.7 Å². The molecule has 0 aliphatic rings. The number of carbonyl (C=O) groups is 1. The van der Waals surface area contributed by atoms with E-state index in [9.17, 15) is 4.79 Å². The Morgan fingerprint density at radius 2 is 1.86 bits per heavy atom. The van der Waals surface area contributed by atoms with Gasteiger partial charge in [0.25, 0.3) is 5.91 Å². The first kappa shape index (κ1) is 16.4. The first-order valence-corrected chi connectivity index (χ1v) is 7.72. The Bertz CT molecular complexity index is 625. The van der Waals surface area contributed by atoms with E-state index in [2.05, 4.69) is 5.32 Å². The molecule has 1 amide bonds. The van der Waals surface area contributed by atoms with Gasteiger partial charge in [-0.2, -0.15) is 0 Å². The van der Waals surface area contributed by atoms with Crippen LogP contribution in [0.2, 0.25) is 5.02 Å². The molecule has 22 heavy (non-hydrogen) atoms. The molecule has 1 N–H and O–H groups in total. The molecule has 4 heteroatoms. The van der Waals surface area contributed by atoms with Crippen LogP contribution in [0, 0.1) is 6.92 Å². The Morgan fingerprint density at radius 1 is 1.18 bits per heavy atom. The Labute approximate surface area is 136 Å². The van der Waals surface area contributed by atoms with Crippen LogP contribution in [0.4, 0.5) is 0 Å². The zero-order chi connectivity index (χ0) is 15.9. The minimum absolute atomic E-state index is 0.110. The lowest BCUT2D eigenvalue weighted by atomic mass is 10.2. The molecule has 0 saturated carbocycles. The number of hydrogen-bond donors (Lipinski definition) is 1. The number of nitrogens with one attached hydrogen (secondary N) is 1. The molecule has 0 bridgehead atoms. The zero-order valence-electron chi connectivity index (χ0n) is 12.8. The van der Waals surface area contributed by atoms with Crippen molar-refractivity contribution in [2.75, 3.05) is 0 Å². The van der Waals surface area contributed by atoms with E-state index in [1.807, 2.05) is 62.4 Å². The fraction of sp³-hybridized carbons (Fsp3) is 0.278. The van der Waals surface area contributed by atoms with Gasteiger partial charge in [-0.15, -0.1) is 0 Å². The Hall–Kier alpha value is -2.00. The Morgan fingerprint density at radius 3 is 2.50 bits per heavy atom. The molecule has 116 valence electrons. The maximum atomic E-state index is 12.3. The quantitative estimate of drug-likeness (QED) is 0.870. The maximum Gasteiger partial charge on any atom is 0.261 e. The number of rotatable bonds is 6. The van der Waals surface area contributed by atoms with E-state index >= 15 is 0 Å². The van der Waals surface area contributed by atoms with Crippen LogP contribution in [0.25, 0.3) is 0 Å². The Balaban J connectivity index is 1.94. The van der Waals surface area contributed by atoms with Crippen molar-refractivity contribution in [3.05, 3.63) is 64.7 Å². The number of ether oxygens (including phenoxy) is 1. The summed E-state index contributed by atoms with van der Waals surface area (Å²) in [6.45, 7) is 4.36. The van der Waals surface area contributed by atoms with Gasteiger partial charge in [-0.1, -0.05) is 48.9 Å². The smallest absolute Gasteiger partial charge is 0.261 e. The first-order chi connectivity index (χ1) is 10.6. The van der Waals surface area contributed by atoms with Crippen LogP contribution in [0.1, 0.15) is 24.5 Å². The third-order valence-electron chi connectivity index (χ3n) is 3.41. The summed E-state index contributed by atoms with van der Waals surface area (Å²) in [5.41, 5.74) is 2.02. The molecule has 0 aromatic heterocycles. The lowest BCUT2D eigenvalue weighted by molar-refractivity contribution is -0.128. The largest absolute Gasteiger partial charge is 0.480 e. The number of hydrogen-bond acceptors (Lipinski definition) is 2. The van der Waals surface area contributed by atoms with Crippen LogP contribution < -0.4 is 10.1 Å². The minimum atomic E-state index is -0.492.